The Morgan fingerprint density at radius 3 is 2.83 bits per heavy atom. The molecule has 0 aliphatic carbocycles. The third-order valence-corrected chi connectivity index (χ3v) is 2.70. The molecule has 4 N–H and O–H groups in total. The number of aromatic hydroxyl groups is 1. The maximum Gasteiger partial charge on any atom is 0.265 e. The van der Waals surface area contributed by atoms with Gasteiger partial charge in [-0.25, -0.2) is 4.98 Å². The number of aromatic nitrogens is 4. The summed E-state index contributed by atoms with van der Waals surface area (Å²) in [6.07, 6.45) is 1.59. The summed E-state index contributed by atoms with van der Waals surface area (Å²) in [5.41, 5.74) is -0.153. The summed E-state index contributed by atoms with van der Waals surface area (Å²) in [5.74, 6) is 0.317. The fraction of sp³-hybridized carbons (Fsp3) is 0.300. The minimum absolute atomic E-state index is 0.0309. The Bertz CT molecular complexity index is 685. The highest BCUT2D eigenvalue weighted by Crippen LogP contribution is 2.21. The predicted molar refractivity (Wildman–Crippen MR) is 67.0 cm³/mol. The van der Waals surface area contributed by atoms with E-state index in [1.165, 1.54) is 0 Å². The zero-order chi connectivity index (χ0) is 13.3. The van der Waals surface area contributed by atoms with Gasteiger partial charge in [-0.05, 0) is 19.1 Å². The second-order valence-electron chi connectivity index (χ2n) is 3.72. The lowest BCUT2D eigenvalue weighted by Crippen LogP contribution is -2.10. The first kappa shape index (κ1) is 12.5. The molecule has 0 radical (unpaired) electrons. The van der Waals surface area contributed by atoms with Crippen LogP contribution in [-0.4, -0.2) is 36.3 Å². The van der Waals surface area contributed by atoms with Gasteiger partial charge in [-0.1, -0.05) is 0 Å². The summed E-state index contributed by atoms with van der Waals surface area (Å²) < 4.78 is 1.74. The van der Waals surface area contributed by atoms with Crippen molar-refractivity contribution in [1.29, 1.82) is 0 Å². The lowest BCUT2D eigenvalue weighted by molar-refractivity contribution is 0.275. The van der Waals surface area contributed by atoms with Crippen LogP contribution in [-0.2, 0) is 6.54 Å². The molecular weight excluding hydrogens is 256 g/mol. The number of nitrogens with one attached hydrogen (secondary N) is 2. The molecule has 8 heteroatoms. The number of nitrogens with zero attached hydrogens (tertiary/aromatic N) is 2. The van der Waals surface area contributed by atoms with Crippen LogP contribution in [0.4, 0.5) is 0 Å². The molecule has 2 rings (SSSR count). The molecular formula is C10H12N4O3S. The molecule has 2 heterocycles. The lowest BCUT2D eigenvalue weighted by atomic mass is 10.2. The Hall–Kier alpha value is -1.93. The molecule has 0 aliphatic rings. The zero-order valence-corrected chi connectivity index (χ0v) is 10.4. The van der Waals surface area contributed by atoms with Crippen molar-refractivity contribution in [3.63, 3.8) is 0 Å². The van der Waals surface area contributed by atoms with Gasteiger partial charge in [0.05, 0.1) is 12.3 Å². The van der Waals surface area contributed by atoms with Crippen LogP contribution in [0.3, 0.4) is 0 Å². The summed E-state index contributed by atoms with van der Waals surface area (Å²) >= 11 is 4.74. The topological polar surface area (TPSA) is 107 Å². The Balaban J connectivity index is 2.59. The van der Waals surface area contributed by atoms with Gasteiger partial charge in [-0.15, -0.1) is 0 Å². The van der Waals surface area contributed by atoms with Crippen LogP contribution < -0.4 is 5.56 Å². The van der Waals surface area contributed by atoms with E-state index in [4.69, 9.17) is 17.3 Å². The van der Waals surface area contributed by atoms with E-state index in [-0.39, 0.29) is 22.8 Å². The molecule has 0 fully saturated rings. The average Bonchev–Trinajstić information content (AvgIpc) is 2.59. The van der Waals surface area contributed by atoms with E-state index < -0.39 is 5.56 Å². The molecule has 96 valence electrons. The number of hydrogen-bond donors (Lipinski definition) is 4. The monoisotopic (exact) mass is 268 g/mol. The largest absolute Gasteiger partial charge is 0.494 e. The molecule has 2 aromatic rings. The zero-order valence-electron chi connectivity index (χ0n) is 9.60. The Kier molecular flexibility index (Phi) is 3.30. The van der Waals surface area contributed by atoms with Gasteiger partial charge in [-0.2, -0.15) is 0 Å². The molecule has 0 aliphatic heterocycles. The van der Waals surface area contributed by atoms with Gasteiger partial charge in [-0.3, -0.25) is 9.78 Å². The Labute approximate surface area is 107 Å². The van der Waals surface area contributed by atoms with Gasteiger partial charge in [0.25, 0.3) is 5.56 Å². The first-order chi connectivity index (χ1) is 8.52. The number of rotatable bonds is 3. The van der Waals surface area contributed by atoms with Crippen molar-refractivity contribution in [2.75, 3.05) is 6.61 Å². The van der Waals surface area contributed by atoms with E-state index in [0.29, 0.717) is 18.1 Å². The highest BCUT2D eigenvalue weighted by Gasteiger charge is 2.14. The molecule has 18 heavy (non-hydrogen) atoms. The van der Waals surface area contributed by atoms with Crippen LogP contribution in [0.2, 0.25) is 0 Å². The highest BCUT2D eigenvalue weighted by atomic mass is 32.1. The van der Waals surface area contributed by atoms with Crippen molar-refractivity contribution < 1.29 is 10.2 Å². The standard InChI is InChI=1S/C10H12N4O3S/c1-5-11-6(4-14(5)2-3-15)7-8(16)12-10(18)13-9(7)17/h4,15H,2-3H2,1H3,(H3,12,13,16,17,18). The number of aliphatic hydroxyl groups is 1. The smallest absolute Gasteiger partial charge is 0.265 e. The quantitative estimate of drug-likeness (QED) is 0.599. The van der Waals surface area contributed by atoms with Gasteiger partial charge >= 0.3 is 0 Å². The van der Waals surface area contributed by atoms with E-state index >= 15 is 0 Å². The lowest BCUT2D eigenvalue weighted by Gasteiger charge is -2.00. The van der Waals surface area contributed by atoms with Crippen LogP contribution in [0.25, 0.3) is 11.3 Å². The third-order valence-electron chi connectivity index (χ3n) is 2.50. The molecule has 0 saturated carbocycles. The SMILES string of the molecule is Cc1nc(-c2c(O)[nH]c(=S)[nH]c2=O)cn1CCO. The van der Waals surface area contributed by atoms with Gasteiger partial charge in [0.2, 0.25) is 5.88 Å². The van der Waals surface area contributed by atoms with Gasteiger partial charge in [0.1, 0.15) is 11.4 Å². The summed E-state index contributed by atoms with van der Waals surface area (Å²) in [6, 6.07) is 0. The second-order valence-corrected chi connectivity index (χ2v) is 4.13. The van der Waals surface area contributed by atoms with Crippen molar-refractivity contribution in [3.8, 4) is 17.1 Å². The third kappa shape index (κ3) is 2.20. The van der Waals surface area contributed by atoms with Crippen LogP contribution in [0.15, 0.2) is 11.0 Å². The normalized spacial score (nSPS) is 10.8. The minimum atomic E-state index is -0.509. The van der Waals surface area contributed by atoms with E-state index in [2.05, 4.69) is 15.0 Å². The van der Waals surface area contributed by atoms with Crippen LogP contribution >= 0.6 is 12.2 Å². The maximum atomic E-state index is 11.7. The number of imidazole rings is 1. The van der Waals surface area contributed by atoms with Crippen molar-refractivity contribution in [2.24, 2.45) is 0 Å². The van der Waals surface area contributed by atoms with Gasteiger partial charge < -0.3 is 19.8 Å². The summed E-state index contributed by atoms with van der Waals surface area (Å²) in [7, 11) is 0. The number of aromatic amines is 2. The van der Waals surface area contributed by atoms with Crippen molar-refractivity contribution in [1.82, 2.24) is 19.5 Å². The van der Waals surface area contributed by atoms with Crippen LogP contribution in [0, 0.1) is 11.7 Å². The predicted octanol–water partition coefficient (Wildman–Crippen LogP) is 0.302. The average molecular weight is 268 g/mol. The Morgan fingerprint density at radius 2 is 2.22 bits per heavy atom. The molecule has 0 amide bonds. The highest BCUT2D eigenvalue weighted by molar-refractivity contribution is 7.71. The molecule has 0 saturated heterocycles. The van der Waals surface area contributed by atoms with E-state index in [1.54, 1.807) is 17.7 Å². The molecule has 7 nitrogen and oxygen atoms in total. The van der Waals surface area contributed by atoms with Crippen molar-refractivity contribution >= 4 is 12.2 Å². The van der Waals surface area contributed by atoms with Crippen LogP contribution in [0.5, 0.6) is 5.88 Å². The van der Waals surface area contributed by atoms with E-state index in [1.807, 2.05) is 0 Å². The number of aryl methyl sites for hydroxylation is 1. The van der Waals surface area contributed by atoms with E-state index in [9.17, 15) is 9.90 Å². The molecule has 0 bridgehead atoms. The first-order valence-electron chi connectivity index (χ1n) is 5.23. The number of H-pyrrole nitrogens is 2. The molecule has 0 atom stereocenters. The molecule has 2 aromatic heterocycles. The first-order valence-corrected chi connectivity index (χ1v) is 5.64. The summed E-state index contributed by atoms with van der Waals surface area (Å²) in [5, 5.41) is 18.6. The van der Waals surface area contributed by atoms with E-state index in [0.717, 1.165) is 0 Å². The van der Waals surface area contributed by atoms with Crippen molar-refractivity contribution in [2.45, 2.75) is 13.5 Å². The summed E-state index contributed by atoms with van der Waals surface area (Å²) in [6.45, 7) is 2.09. The summed E-state index contributed by atoms with van der Waals surface area (Å²) in [4.78, 5) is 20.7. The maximum absolute atomic E-state index is 11.7. The fourth-order valence-corrected chi connectivity index (χ4v) is 1.86. The fourth-order valence-electron chi connectivity index (χ4n) is 1.68. The van der Waals surface area contributed by atoms with Crippen LogP contribution in [0.1, 0.15) is 5.82 Å². The Morgan fingerprint density at radius 1 is 1.50 bits per heavy atom. The van der Waals surface area contributed by atoms with Gasteiger partial charge in [0, 0.05) is 12.7 Å². The van der Waals surface area contributed by atoms with Gasteiger partial charge in [0.15, 0.2) is 4.77 Å². The molecule has 0 unspecified atom stereocenters. The molecule has 0 aromatic carbocycles. The minimum Gasteiger partial charge on any atom is -0.494 e. The van der Waals surface area contributed by atoms with Crippen molar-refractivity contribution in [3.05, 3.63) is 27.1 Å². The second kappa shape index (κ2) is 4.75. The number of aliphatic hydroxyl groups excluding tert-OH is 1. The number of hydrogen-bond acceptors (Lipinski definition) is 5. The molecule has 0 spiro atoms.